The van der Waals surface area contributed by atoms with Crippen LogP contribution in [-0.2, 0) is 15.0 Å². The molecule has 0 saturated carbocycles. The third-order valence-corrected chi connectivity index (χ3v) is 4.66. The smallest absolute Gasteiger partial charge is 0.276 e. The molecule has 5 N–H and O–H groups in total. The lowest BCUT2D eigenvalue weighted by Crippen LogP contribution is -2.48. The van der Waals surface area contributed by atoms with Crippen molar-refractivity contribution in [2.24, 2.45) is 22.7 Å². The van der Waals surface area contributed by atoms with Crippen molar-refractivity contribution in [2.45, 2.75) is 39.2 Å². The number of nitrogens with two attached hydrogens (primary N) is 2. The van der Waals surface area contributed by atoms with Crippen molar-refractivity contribution in [3.05, 3.63) is 0 Å². The van der Waals surface area contributed by atoms with Crippen LogP contribution in [0, 0.1) is 11.8 Å². The molecule has 0 aromatic rings. The summed E-state index contributed by atoms with van der Waals surface area (Å²) in [5.74, 6) is 0.275. The van der Waals surface area contributed by atoms with E-state index in [0.717, 1.165) is 6.42 Å². The molecule has 118 valence electrons. The topological polar surface area (TPSA) is 119 Å². The average Bonchev–Trinajstić information content (AvgIpc) is 2.36. The first-order chi connectivity index (χ1) is 9.24. The largest absolute Gasteiger partial charge is 0.352 e. The highest BCUT2D eigenvalue weighted by Crippen LogP contribution is 2.19. The zero-order chi connectivity index (χ0) is 15.3. The number of nitrogens with zero attached hydrogens (tertiary/aromatic N) is 1. The van der Waals surface area contributed by atoms with Gasteiger partial charge in [0.1, 0.15) is 0 Å². The van der Waals surface area contributed by atoms with E-state index < -0.39 is 10.2 Å². The predicted octanol–water partition coefficient (Wildman–Crippen LogP) is -0.608. The maximum Gasteiger partial charge on any atom is 0.276 e. The number of amides is 1. The molecule has 1 aliphatic rings. The Labute approximate surface area is 121 Å². The Morgan fingerprint density at radius 1 is 1.35 bits per heavy atom. The Balaban J connectivity index is 2.46. The van der Waals surface area contributed by atoms with E-state index in [1.807, 2.05) is 0 Å². The molecule has 1 fully saturated rings. The highest BCUT2D eigenvalue weighted by molar-refractivity contribution is 7.86. The number of carbonyl (C=O) groups excluding carboxylic acids is 1. The number of carbonyl (C=O) groups is 1. The molecule has 1 rings (SSSR count). The number of piperidine rings is 1. The first-order valence-corrected chi connectivity index (χ1v) is 8.52. The molecular weight excluding hydrogens is 280 g/mol. The third kappa shape index (κ3) is 5.35. The molecular formula is C12H26N4O3S. The summed E-state index contributed by atoms with van der Waals surface area (Å²) in [5.41, 5.74) is 5.66. The summed E-state index contributed by atoms with van der Waals surface area (Å²) in [4.78, 5) is 12.1. The van der Waals surface area contributed by atoms with Gasteiger partial charge in [0.05, 0.1) is 0 Å². The summed E-state index contributed by atoms with van der Waals surface area (Å²) in [6.45, 7) is 5.18. The Morgan fingerprint density at radius 2 is 1.90 bits per heavy atom. The van der Waals surface area contributed by atoms with Gasteiger partial charge in [-0.25, -0.2) is 5.14 Å². The van der Waals surface area contributed by atoms with Crippen LogP contribution in [0.25, 0.3) is 0 Å². The van der Waals surface area contributed by atoms with E-state index in [1.165, 1.54) is 4.31 Å². The lowest BCUT2D eigenvalue weighted by atomic mass is 9.96. The summed E-state index contributed by atoms with van der Waals surface area (Å²) in [5, 5.41) is 8.03. The van der Waals surface area contributed by atoms with Crippen LogP contribution in [0.3, 0.4) is 0 Å². The lowest BCUT2D eigenvalue weighted by Gasteiger charge is -2.30. The van der Waals surface area contributed by atoms with Crippen molar-refractivity contribution in [1.29, 1.82) is 0 Å². The van der Waals surface area contributed by atoms with Crippen LogP contribution >= 0.6 is 0 Å². The molecule has 1 atom stereocenters. The summed E-state index contributed by atoms with van der Waals surface area (Å²) < 4.78 is 23.6. The van der Waals surface area contributed by atoms with Crippen molar-refractivity contribution in [3.8, 4) is 0 Å². The number of rotatable bonds is 6. The number of hydrogen-bond acceptors (Lipinski definition) is 4. The van der Waals surface area contributed by atoms with E-state index >= 15 is 0 Å². The van der Waals surface area contributed by atoms with E-state index in [2.05, 4.69) is 19.2 Å². The Kier molecular flexibility index (Phi) is 6.38. The summed E-state index contributed by atoms with van der Waals surface area (Å²) in [6.07, 6.45) is 1.85. The van der Waals surface area contributed by atoms with E-state index in [0.29, 0.717) is 38.4 Å². The summed E-state index contributed by atoms with van der Waals surface area (Å²) in [6, 6.07) is -0.0150. The fourth-order valence-electron chi connectivity index (χ4n) is 2.47. The van der Waals surface area contributed by atoms with Gasteiger partial charge in [0, 0.05) is 31.6 Å². The number of nitrogens with one attached hydrogen (secondary N) is 1. The Hall–Kier alpha value is -0.700. The van der Waals surface area contributed by atoms with Crippen LogP contribution in [0.2, 0.25) is 0 Å². The molecule has 0 aromatic heterocycles. The molecule has 20 heavy (non-hydrogen) atoms. The highest BCUT2D eigenvalue weighted by atomic mass is 32.2. The monoisotopic (exact) mass is 306 g/mol. The lowest BCUT2D eigenvalue weighted by molar-refractivity contribution is -0.126. The maximum absolute atomic E-state index is 12.1. The molecule has 1 amide bonds. The van der Waals surface area contributed by atoms with Gasteiger partial charge in [-0.2, -0.15) is 12.7 Å². The molecule has 0 spiro atoms. The molecule has 0 aromatic carbocycles. The van der Waals surface area contributed by atoms with Crippen LogP contribution in [0.15, 0.2) is 0 Å². The van der Waals surface area contributed by atoms with Crippen molar-refractivity contribution < 1.29 is 13.2 Å². The molecule has 8 heteroatoms. The van der Waals surface area contributed by atoms with Crippen LogP contribution in [-0.4, -0.2) is 44.3 Å². The van der Waals surface area contributed by atoms with Crippen LogP contribution < -0.4 is 16.2 Å². The second kappa shape index (κ2) is 7.35. The molecule has 1 unspecified atom stereocenters. The van der Waals surface area contributed by atoms with Gasteiger partial charge in [0.25, 0.3) is 10.2 Å². The van der Waals surface area contributed by atoms with Crippen molar-refractivity contribution in [3.63, 3.8) is 0 Å². The molecule has 0 radical (unpaired) electrons. The van der Waals surface area contributed by atoms with Crippen molar-refractivity contribution in [1.82, 2.24) is 9.62 Å². The fraction of sp³-hybridized carbons (Fsp3) is 0.917. The van der Waals surface area contributed by atoms with Crippen LogP contribution in [0.1, 0.15) is 33.1 Å². The predicted molar refractivity (Wildman–Crippen MR) is 77.8 cm³/mol. The molecule has 0 aliphatic carbocycles. The molecule has 1 heterocycles. The van der Waals surface area contributed by atoms with Gasteiger partial charge in [-0.3, -0.25) is 4.79 Å². The third-order valence-electron chi connectivity index (χ3n) is 3.57. The fourth-order valence-corrected chi connectivity index (χ4v) is 3.19. The maximum atomic E-state index is 12.1. The standard InChI is InChI=1S/C12H26N4O3S/c1-9(2)7-11(8-13)15-12(17)10-3-5-16(6-4-10)20(14,18)19/h9-11H,3-8,13H2,1-2H3,(H,15,17)(H2,14,18,19). The summed E-state index contributed by atoms with van der Waals surface area (Å²) in [7, 11) is -3.64. The number of hydrogen-bond donors (Lipinski definition) is 3. The van der Waals surface area contributed by atoms with Gasteiger partial charge in [0.15, 0.2) is 0 Å². The minimum Gasteiger partial charge on any atom is -0.352 e. The second-order valence-electron chi connectivity index (χ2n) is 5.79. The second-order valence-corrected chi connectivity index (χ2v) is 7.34. The molecule has 1 saturated heterocycles. The zero-order valence-corrected chi connectivity index (χ0v) is 13.0. The molecule has 0 bridgehead atoms. The van der Waals surface area contributed by atoms with Gasteiger partial charge < -0.3 is 11.1 Å². The van der Waals surface area contributed by atoms with E-state index in [1.54, 1.807) is 0 Å². The first kappa shape index (κ1) is 17.4. The minimum absolute atomic E-state index is 0.0150. The minimum atomic E-state index is -3.64. The Bertz CT molecular complexity index is 416. The SMILES string of the molecule is CC(C)CC(CN)NC(=O)C1CCN(S(N)(=O)=O)CC1. The van der Waals surface area contributed by atoms with Crippen LogP contribution in [0.4, 0.5) is 0 Å². The zero-order valence-electron chi connectivity index (χ0n) is 12.2. The molecule has 7 nitrogen and oxygen atoms in total. The van der Waals surface area contributed by atoms with Gasteiger partial charge in [-0.05, 0) is 25.2 Å². The van der Waals surface area contributed by atoms with Crippen LogP contribution in [0.5, 0.6) is 0 Å². The Morgan fingerprint density at radius 3 is 2.30 bits per heavy atom. The summed E-state index contributed by atoms with van der Waals surface area (Å²) >= 11 is 0. The van der Waals surface area contributed by atoms with Gasteiger partial charge >= 0.3 is 0 Å². The average molecular weight is 306 g/mol. The first-order valence-electron chi connectivity index (χ1n) is 7.02. The van der Waals surface area contributed by atoms with Gasteiger partial charge in [0.2, 0.25) is 5.91 Å². The van der Waals surface area contributed by atoms with Crippen molar-refractivity contribution in [2.75, 3.05) is 19.6 Å². The van der Waals surface area contributed by atoms with Crippen molar-refractivity contribution >= 4 is 16.1 Å². The quantitative estimate of drug-likeness (QED) is 0.606. The highest BCUT2D eigenvalue weighted by Gasteiger charge is 2.30. The van der Waals surface area contributed by atoms with E-state index in [9.17, 15) is 13.2 Å². The van der Waals surface area contributed by atoms with Gasteiger partial charge in [-0.1, -0.05) is 13.8 Å². The van der Waals surface area contributed by atoms with E-state index in [-0.39, 0.29) is 17.9 Å². The molecule has 1 aliphatic heterocycles. The normalized spacial score (nSPS) is 20.1. The van der Waals surface area contributed by atoms with Gasteiger partial charge in [-0.15, -0.1) is 0 Å². The van der Waals surface area contributed by atoms with E-state index in [4.69, 9.17) is 10.9 Å².